The van der Waals surface area contributed by atoms with E-state index < -0.39 is 0 Å². The summed E-state index contributed by atoms with van der Waals surface area (Å²) in [6, 6.07) is 8.05. The van der Waals surface area contributed by atoms with E-state index in [-0.39, 0.29) is 0 Å². The fraction of sp³-hybridized carbons (Fsp3) is 0.357. The lowest BCUT2D eigenvalue weighted by Gasteiger charge is -2.02. The molecule has 0 aromatic heterocycles. The van der Waals surface area contributed by atoms with Gasteiger partial charge in [0.05, 0.1) is 5.69 Å². The van der Waals surface area contributed by atoms with E-state index in [1.165, 1.54) is 5.56 Å². The largest absolute Gasteiger partial charge is 0.402 e. The van der Waals surface area contributed by atoms with Gasteiger partial charge in [0.2, 0.25) is 0 Å². The van der Waals surface area contributed by atoms with E-state index in [1.807, 2.05) is 37.3 Å². The summed E-state index contributed by atoms with van der Waals surface area (Å²) >= 11 is 0. The van der Waals surface area contributed by atoms with Crippen molar-refractivity contribution >= 4 is 11.9 Å². The van der Waals surface area contributed by atoms with Crippen molar-refractivity contribution in [3.05, 3.63) is 41.6 Å². The van der Waals surface area contributed by atoms with Gasteiger partial charge >= 0.3 is 0 Å². The number of para-hydroxylation sites is 1. The number of rotatable bonds is 4. The first kappa shape index (κ1) is 12.5. The second kappa shape index (κ2) is 6.11. The minimum atomic E-state index is 0.586. The van der Waals surface area contributed by atoms with Crippen molar-refractivity contribution in [1.82, 2.24) is 0 Å². The number of nitrogens with zero attached hydrogens (tertiary/aromatic N) is 1. The quantitative estimate of drug-likeness (QED) is 0.767. The highest BCUT2D eigenvalue weighted by molar-refractivity contribution is 5.75. The van der Waals surface area contributed by atoms with E-state index in [0.29, 0.717) is 5.92 Å². The molecule has 0 radical (unpaired) electrons. The maximum absolute atomic E-state index is 5.85. The first-order chi connectivity index (χ1) is 7.59. The van der Waals surface area contributed by atoms with Gasteiger partial charge in [-0.25, -0.2) is 0 Å². The Balaban J connectivity index is 2.64. The summed E-state index contributed by atoms with van der Waals surface area (Å²) in [6.45, 7) is 6.35. The van der Waals surface area contributed by atoms with Gasteiger partial charge in [-0.2, -0.15) is 0 Å². The summed E-state index contributed by atoms with van der Waals surface area (Å²) in [6.07, 6.45) is 4.58. The van der Waals surface area contributed by atoms with Crippen LogP contribution in [0.15, 0.2) is 41.0 Å². The predicted molar refractivity (Wildman–Crippen MR) is 71.1 cm³/mol. The van der Waals surface area contributed by atoms with Crippen molar-refractivity contribution in [3.8, 4) is 0 Å². The van der Waals surface area contributed by atoms with Crippen molar-refractivity contribution in [2.24, 2.45) is 16.6 Å². The molecule has 1 aromatic carbocycles. The molecule has 0 saturated heterocycles. The Kier molecular flexibility index (Phi) is 4.77. The van der Waals surface area contributed by atoms with E-state index in [9.17, 15) is 0 Å². The van der Waals surface area contributed by atoms with Gasteiger partial charge < -0.3 is 5.73 Å². The van der Waals surface area contributed by atoms with Crippen LogP contribution in [0.2, 0.25) is 0 Å². The third-order valence-electron chi connectivity index (χ3n) is 2.26. The van der Waals surface area contributed by atoms with Crippen LogP contribution in [0, 0.1) is 12.8 Å². The van der Waals surface area contributed by atoms with Crippen LogP contribution in [-0.2, 0) is 0 Å². The highest BCUT2D eigenvalue weighted by atomic mass is 14.7. The second-order valence-corrected chi connectivity index (χ2v) is 4.40. The molecule has 2 heteroatoms. The lowest BCUT2D eigenvalue weighted by atomic mass is 10.1. The van der Waals surface area contributed by atoms with Crippen LogP contribution in [0.25, 0.3) is 0 Å². The molecular formula is C14H20N2. The molecule has 16 heavy (non-hydrogen) atoms. The lowest BCUT2D eigenvalue weighted by Crippen LogP contribution is -2.01. The number of hydrogen-bond donors (Lipinski definition) is 1. The molecule has 1 rings (SSSR count). The van der Waals surface area contributed by atoms with Gasteiger partial charge in [0.25, 0.3) is 0 Å². The summed E-state index contributed by atoms with van der Waals surface area (Å²) in [5.74, 6) is 0.586. The SMILES string of the molecule is Cc1ccccc1N=CC=C(N)CC(C)C. The van der Waals surface area contributed by atoms with Crippen LogP contribution < -0.4 is 5.73 Å². The fourth-order valence-corrected chi connectivity index (χ4v) is 1.46. The summed E-state index contributed by atoms with van der Waals surface area (Å²) in [5, 5.41) is 0. The Labute approximate surface area is 97.9 Å². The van der Waals surface area contributed by atoms with Crippen LogP contribution in [0.3, 0.4) is 0 Å². The fourth-order valence-electron chi connectivity index (χ4n) is 1.46. The Morgan fingerprint density at radius 2 is 2.06 bits per heavy atom. The summed E-state index contributed by atoms with van der Waals surface area (Å²) in [7, 11) is 0. The number of aliphatic imine (C=N–C) groups is 1. The number of hydrogen-bond acceptors (Lipinski definition) is 2. The van der Waals surface area contributed by atoms with Gasteiger partial charge in [0, 0.05) is 11.9 Å². The molecule has 0 bridgehead atoms. The van der Waals surface area contributed by atoms with Gasteiger partial charge in [0.1, 0.15) is 0 Å². The van der Waals surface area contributed by atoms with Crippen molar-refractivity contribution in [1.29, 1.82) is 0 Å². The molecule has 0 spiro atoms. The van der Waals surface area contributed by atoms with E-state index in [2.05, 4.69) is 18.8 Å². The zero-order valence-electron chi connectivity index (χ0n) is 10.3. The van der Waals surface area contributed by atoms with Crippen molar-refractivity contribution in [2.45, 2.75) is 27.2 Å². The predicted octanol–water partition coefficient (Wildman–Crippen LogP) is 3.59. The molecule has 86 valence electrons. The summed E-state index contributed by atoms with van der Waals surface area (Å²) in [4.78, 5) is 4.37. The highest BCUT2D eigenvalue weighted by Crippen LogP contribution is 2.16. The van der Waals surface area contributed by atoms with Crippen LogP contribution in [0.5, 0.6) is 0 Å². The van der Waals surface area contributed by atoms with Gasteiger partial charge in [-0.3, -0.25) is 4.99 Å². The molecule has 2 nitrogen and oxygen atoms in total. The van der Waals surface area contributed by atoms with Crippen LogP contribution in [0.1, 0.15) is 25.8 Å². The molecule has 0 unspecified atom stereocenters. The van der Waals surface area contributed by atoms with E-state index >= 15 is 0 Å². The average Bonchev–Trinajstić information content (AvgIpc) is 2.19. The topological polar surface area (TPSA) is 38.4 Å². The molecular weight excluding hydrogens is 196 g/mol. The standard InChI is InChI=1S/C14H20N2/c1-11(2)10-13(15)8-9-16-14-7-5-4-6-12(14)3/h4-9,11H,10,15H2,1-3H3. The van der Waals surface area contributed by atoms with E-state index in [4.69, 9.17) is 5.73 Å². The van der Waals surface area contributed by atoms with Crippen LogP contribution >= 0.6 is 0 Å². The Morgan fingerprint density at radius 1 is 1.38 bits per heavy atom. The molecule has 1 aromatic rings. The molecule has 0 aliphatic heterocycles. The number of aryl methyl sites for hydroxylation is 1. The third kappa shape index (κ3) is 4.30. The minimum Gasteiger partial charge on any atom is -0.402 e. The monoisotopic (exact) mass is 216 g/mol. The van der Waals surface area contributed by atoms with Gasteiger partial charge in [-0.1, -0.05) is 32.0 Å². The minimum absolute atomic E-state index is 0.586. The Hall–Kier alpha value is -1.57. The zero-order valence-corrected chi connectivity index (χ0v) is 10.3. The zero-order chi connectivity index (χ0) is 12.0. The second-order valence-electron chi connectivity index (χ2n) is 4.40. The van der Waals surface area contributed by atoms with Crippen LogP contribution in [0.4, 0.5) is 5.69 Å². The van der Waals surface area contributed by atoms with Crippen molar-refractivity contribution in [3.63, 3.8) is 0 Å². The summed E-state index contributed by atoms with van der Waals surface area (Å²) in [5.41, 5.74) is 8.90. The Bertz CT molecular complexity index is 389. The molecule has 0 atom stereocenters. The average molecular weight is 216 g/mol. The number of nitrogens with two attached hydrogens (primary N) is 1. The van der Waals surface area contributed by atoms with Gasteiger partial charge in [-0.15, -0.1) is 0 Å². The van der Waals surface area contributed by atoms with Crippen LogP contribution in [-0.4, -0.2) is 6.21 Å². The molecule has 0 fully saturated rings. The van der Waals surface area contributed by atoms with Crippen molar-refractivity contribution in [2.75, 3.05) is 0 Å². The number of benzene rings is 1. The van der Waals surface area contributed by atoms with E-state index in [0.717, 1.165) is 17.8 Å². The van der Waals surface area contributed by atoms with Gasteiger partial charge in [-0.05, 0) is 37.0 Å². The van der Waals surface area contributed by atoms with Gasteiger partial charge in [0.15, 0.2) is 0 Å². The Morgan fingerprint density at radius 3 is 2.69 bits per heavy atom. The van der Waals surface area contributed by atoms with Crippen molar-refractivity contribution < 1.29 is 0 Å². The summed E-state index contributed by atoms with van der Waals surface area (Å²) < 4.78 is 0. The maximum atomic E-state index is 5.85. The third-order valence-corrected chi connectivity index (χ3v) is 2.26. The van der Waals surface area contributed by atoms with E-state index in [1.54, 1.807) is 6.21 Å². The number of allylic oxidation sites excluding steroid dienone is 2. The molecule has 0 saturated carbocycles. The highest BCUT2D eigenvalue weighted by Gasteiger charge is 1.95. The normalized spacial score (nSPS) is 12.6. The first-order valence-corrected chi connectivity index (χ1v) is 5.64. The first-order valence-electron chi connectivity index (χ1n) is 5.64. The molecule has 0 aliphatic rings. The molecule has 0 aliphatic carbocycles. The molecule has 2 N–H and O–H groups in total. The molecule has 0 amide bonds. The maximum Gasteiger partial charge on any atom is 0.0658 e. The molecule has 0 heterocycles. The smallest absolute Gasteiger partial charge is 0.0658 e. The lowest BCUT2D eigenvalue weighted by molar-refractivity contribution is 0.639.